The fraction of sp³-hybridized carbons (Fsp3) is 0.455. The monoisotopic (exact) mass is 386 g/mol. The minimum absolute atomic E-state index is 0.0727. The molecule has 0 saturated heterocycles. The van der Waals surface area contributed by atoms with E-state index in [1.54, 1.807) is 6.07 Å². The summed E-state index contributed by atoms with van der Waals surface area (Å²) in [5.41, 5.74) is 1.35. The molecule has 2 aromatic rings. The summed E-state index contributed by atoms with van der Waals surface area (Å²) in [6.07, 6.45) is 1.27. The van der Waals surface area contributed by atoms with E-state index in [1.165, 1.54) is 12.1 Å². The summed E-state index contributed by atoms with van der Waals surface area (Å²) in [4.78, 5) is 0. The first-order chi connectivity index (χ1) is 12.2. The molecule has 0 spiro atoms. The van der Waals surface area contributed by atoms with E-state index in [0.717, 1.165) is 24.1 Å². The lowest BCUT2D eigenvalue weighted by Crippen LogP contribution is -2.10. The van der Waals surface area contributed by atoms with Gasteiger partial charge < -0.3 is 0 Å². The van der Waals surface area contributed by atoms with E-state index in [1.807, 2.05) is 20.8 Å². The Morgan fingerprint density at radius 1 is 0.556 bits per heavy atom. The van der Waals surface area contributed by atoms with Crippen molar-refractivity contribution < 1.29 is 22.0 Å². The van der Waals surface area contributed by atoms with E-state index in [0.29, 0.717) is 12.0 Å². The van der Waals surface area contributed by atoms with Gasteiger partial charge in [-0.3, -0.25) is 0 Å². The molecule has 150 valence electrons. The summed E-state index contributed by atoms with van der Waals surface area (Å²) >= 11 is 0. The topological polar surface area (TPSA) is 0 Å². The SMILES string of the molecule is CC(C)(C)Cc1cc(F)c(F)c(F)c1.CC(C)(C)Cc1ccc(F)c(F)c1. The van der Waals surface area contributed by atoms with Crippen molar-refractivity contribution >= 4 is 0 Å². The molecule has 0 bridgehead atoms. The second kappa shape index (κ2) is 8.85. The van der Waals surface area contributed by atoms with Crippen LogP contribution in [-0.4, -0.2) is 0 Å². The third kappa shape index (κ3) is 8.55. The number of hydrogen-bond donors (Lipinski definition) is 0. The number of benzene rings is 2. The van der Waals surface area contributed by atoms with Crippen LogP contribution >= 0.6 is 0 Å². The zero-order valence-electron chi connectivity index (χ0n) is 16.7. The van der Waals surface area contributed by atoms with Crippen LogP contribution in [0.3, 0.4) is 0 Å². The lowest BCUT2D eigenvalue weighted by atomic mass is 9.88. The lowest BCUT2D eigenvalue weighted by molar-refractivity contribution is 0.402. The van der Waals surface area contributed by atoms with Gasteiger partial charge in [0.2, 0.25) is 0 Å². The number of hydrogen-bond acceptors (Lipinski definition) is 0. The van der Waals surface area contributed by atoms with E-state index in [2.05, 4.69) is 20.8 Å². The van der Waals surface area contributed by atoms with Crippen LogP contribution in [0.4, 0.5) is 22.0 Å². The first-order valence-corrected chi connectivity index (χ1v) is 8.75. The van der Waals surface area contributed by atoms with Gasteiger partial charge in [-0.15, -0.1) is 0 Å². The van der Waals surface area contributed by atoms with E-state index >= 15 is 0 Å². The average molecular weight is 386 g/mol. The van der Waals surface area contributed by atoms with Crippen LogP contribution in [0, 0.1) is 39.9 Å². The largest absolute Gasteiger partial charge is 0.204 e. The Bertz CT molecular complexity index is 744. The first kappa shape index (κ1) is 23.1. The summed E-state index contributed by atoms with van der Waals surface area (Å²) in [5.74, 6) is -5.18. The third-order valence-electron chi connectivity index (χ3n) is 3.50. The Hall–Kier alpha value is -1.91. The van der Waals surface area contributed by atoms with Crippen molar-refractivity contribution in [1.82, 2.24) is 0 Å². The molecular formula is C22H27F5. The minimum atomic E-state index is -1.40. The third-order valence-corrected chi connectivity index (χ3v) is 3.50. The average Bonchev–Trinajstić information content (AvgIpc) is 2.46. The normalized spacial score (nSPS) is 11.8. The molecular weight excluding hydrogens is 359 g/mol. The van der Waals surface area contributed by atoms with Gasteiger partial charge in [-0.05, 0) is 59.1 Å². The highest BCUT2D eigenvalue weighted by molar-refractivity contribution is 5.20. The molecule has 0 N–H and O–H groups in total. The molecule has 0 unspecified atom stereocenters. The van der Waals surface area contributed by atoms with Gasteiger partial charge in [0.15, 0.2) is 29.1 Å². The Morgan fingerprint density at radius 2 is 0.963 bits per heavy atom. The van der Waals surface area contributed by atoms with Gasteiger partial charge >= 0.3 is 0 Å². The molecule has 2 rings (SSSR count). The summed E-state index contributed by atoms with van der Waals surface area (Å²) in [5, 5.41) is 0. The van der Waals surface area contributed by atoms with Crippen molar-refractivity contribution in [2.75, 3.05) is 0 Å². The maximum absolute atomic E-state index is 12.8. The maximum atomic E-state index is 12.8. The van der Waals surface area contributed by atoms with E-state index < -0.39 is 29.1 Å². The molecule has 0 aliphatic carbocycles. The van der Waals surface area contributed by atoms with Crippen molar-refractivity contribution in [3.05, 3.63) is 70.5 Å². The first-order valence-electron chi connectivity index (χ1n) is 8.75. The summed E-state index contributed by atoms with van der Waals surface area (Å²) in [6, 6.07) is 6.16. The molecule has 2 aromatic carbocycles. The van der Waals surface area contributed by atoms with E-state index in [9.17, 15) is 22.0 Å². The fourth-order valence-electron chi connectivity index (χ4n) is 2.58. The molecule has 5 heteroatoms. The molecule has 0 saturated carbocycles. The molecule has 0 nitrogen and oxygen atoms in total. The molecule has 0 atom stereocenters. The zero-order valence-corrected chi connectivity index (χ0v) is 16.7. The van der Waals surface area contributed by atoms with Crippen LogP contribution < -0.4 is 0 Å². The fourth-order valence-corrected chi connectivity index (χ4v) is 2.58. The van der Waals surface area contributed by atoms with Gasteiger partial charge in [0.1, 0.15) is 0 Å². The van der Waals surface area contributed by atoms with Crippen molar-refractivity contribution in [1.29, 1.82) is 0 Å². The van der Waals surface area contributed by atoms with Gasteiger partial charge in [-0.25, -0.2) is 22.0 Å². The Kier molecular flexibility index (Phi) is 7.58. The second-order valence-corrected chi connectivity index (χ2v) is 9.10. The Labute approximate surface area is 158 Å². The standard InChI is InChI=1S/C11H13F3.C11H14F2/c1-11(2,3)6-7-4-8(12)10(14)9(13)5-7;1-11(2,3)7-8-4-5-9(12)10(13)6-8/h4-5H,6H2,1-3H3;4-6H,7H2,1-3H3. The summed E-state index contributed by atoms with van der Waals surface area (Å²) in [7, 11) is 0. The van der Waals surface area contributed by atoms with Crippen molar-refractivity contribution in [3.63, 3.8) is 0 Å². The minimum Gasteiger partial charge on any atom is -0.204 e. The molecule has 27 heavy (non-hydrogen) atoms. The number of halogens is 5. The van der Waals surface area contributed by atoms with Crippen molar-refractivity contribution in [2.45, 2.75) is 54.4 Å². The highest BCUT2D eigenvalue weighted by Crippen LogP contribution is 2.23. The van der Waals surface area contributed by atoms with Crippen LogP contribution in [0.1, 0.15) is 52.7 Å². The molecule has 0 amide bonds. The quantitative estimate of drug-likeness (QED) is 0.377. The van der Waals surface area contributed by atoms with Gasteiger partial charge in [-0.2, -0.15) is 0 Å². The van der Waals surface area contributed by atoms with Gasteiger partial charge in [0.25, 0.3) is 0 Å². The lowest BCUT2D eigenvalue weighted by Gasteiger charge is -2.18. The van der Waals surface area contributed by atoms with Crippen LogP contribution in [0.25, 0.3) is 0 Å². The van der Waals surface area contributed by atoms with Crippen LogP contribution in [0.5, 0.6) is 0 Å². The van der Waals surface area contributed by atoms with Gasteiger partial charge in [-0.1, -0.05) is 47.6 Å². The molecule has 0 aliphatic heterocycles. The highest BCUT2D eigenvalue weighted by atomic mass is 19.2. The van der Waals surface area contributed by atoms with Crippen LogP contribution in [0.2, 0.25) is 0 Å². The predicted octanol–water partition coefficient (Wildman–Crippen LogP) is 7.25. The maximum Gasteiger partial charge on any atom is 0.194 e. The summed E-state index contributed by atoms with van der Waals surface area (Å²) < 4.78 is 63.5. The van der Waals surface area contributed by atoms with Crippen LogP contribution in [0.15, 0.2) is 30.3 Å². The van der Waals surface area contributed by atoms with E-state index in [4.69, 9.17) is 0 Å². The van der Waals surface area contributed by atoms with E-state index in [-0.39, 0.29) is 10.8 Å². The zero-order chi connectivity index (χ0) is 21.0. The molecule has 0 aliphatic rings. The van der Waals surface area contributed by atoms with Crippen molar-refractivity contribution in [3.8, 4) is 0 Å². The van der Waals surface area contributed by atoms with Crippen molar-refractivity contribution in [2.24, 2.45) is 10.8 Å². The Balaban J connectivity index is 0.000000271. The van der Waals surface area contributed by atoms with Gasteiger partial charge in [0, 0.05) is 0 Å². The highest BCUT2D eigenvalue weighted by Gasteiger charge is 2.16. The predicted molar refractivity (Wildman–Crippen MR) is 99.0 cm³/mol. The second-order valence-electron chi connectivity index (χ2n) is 9.10. The smallest absolute Gasteiger partial charge is 0.194 e. The van der Waals surface area contributed by atoms with Crippen LogP contribution in [-0.2, 0) is 12.8 Å². The molecule has 0 heterocycles. The summed E-state index contributed by atoms with van der Waals surface area (Å²) in [6.45, 7) is 12.0. The molecule has 0 fully saturated rings. The number of rotatable bonds is 2. The molecule has 0 radical (unpaired) electrons. The van der Waals surface area contributed by atoms with Gasteiger partial charge in [0.05, 0.1) is 0 Å². The Morgan fingerprint density at radius 3 is 1.37 bits per heavy atom. The molecule has 0 aromatic heterocycles.